The molecule has 2 aliphatic rings. The van der Waals surface area contributed by atoms with Crippen molar-refractivity contribution < 1.29 is 24.2 Å². The number of nitrogens with one attached hydrogen (secondary N) is 1. The SMILES string of the molecule is Cn1ccc2c(-c3ncc(Nc4ccc([C@@H]5CCOC5)c(CO)n4)c4c3CN(C(=O)OC(C)(C)C)C4=O)ccnc21. The summed E-state index contributed by atoms with van der Waals surface area (Å²) in [5.41, 5.74) is 4.24. The van der Waals surface area contributed by atoms with Gasteiger partial charge in [0.2, 0.25) is 0 Å². The van der Waals surface area contributed by atoms with E-state index in [-0.39, 0.29) is 19.1 Å². The Morgan fingerprint density at radius 2 is 2.05 bits per heavy atom. The summed E-state index contributed by atoms with van der Waals surface area (Å²) >= 11 is 0. The molecule has 4 aromatic rings. The van der Waals surface area contributed by atoms with Crippen LogP contribution in [0.3, 0.4) is 0 Å². The highest BCUT2D eigenvalue weighted by atomic mass is 16.6. The van der Waals surface area contributed by atoms with Crippen LogP contribution in [-0.4, -0.2) is 60.3 Å². The fourth-order valence-corrected chi connectivity index (χ4v) is 5.48. The molecule has 6 heterocycles. The van der Waals surface area contributed by atoms with E-state index in [1.165, 1.54) is 0 Å². The lowest BCUT2D eigenvalue weighted by Crippen LogP contribution is -2.37. The summed E-state index contributed by atoms with van der Waals surface area (Å²) < 4.78 is 13.0. The summed E-state index contributed by atoms with van der Waals surface area (Å²) in [5, 5.41) is 14.1. The molecule has 0 aromatic carbocycles. The molecule has 0 bridgehead atoms. The summed E-state index contributed by atoms with van der Waals surface area (Å²) in [6.45, 7) is 6.33. The van der Waals surface area contributed by atoms with E-state index in [9.17, 15) is 14.7 Å². The van der Waals surface area contributed by atoms with Gasteiger partial charge in [0.25, 0.3) is 5.91 Å². The summed E-state index contributed by atoms with van der Waals surface area (Å²) in [6, 6.07) is 7.56. The van der Waals surface area contributed by atoms with Gasteiger partial charge < -0.3 is 24.5 Å². The van der Waals surface area contributed by atoms with Gasteiger partial charge in [-0.1, -0.05) is 6.07 Å². The van der Waals surface area contributed by atoms with E-state index in [1.807, 2.05) is 42.1 Å². The standard InChI is InChI=1S/C30H32N6O5/c1-30(2,3)41-29(39)36-14-21-25(28(36)38)22(13-32-26(21)19-7-10-31-27-20(19)8-11-35(27)4)33-24-6-5-18(23(15-37)34-24)17-9-12-40-16-17/h5-8,10-11,13,17,37H,9,12,14-16H2,1-4H3,(H,33,34)/t17-/m1/s1. The van der Waals surface area contributed by atoms with Crippen LogP contribution in [0.15, 0.2) is 42.9 Å². The van der Waals surface area contributed by atoms with E-state index in [1.54, 1.807) is 33.2 Å². The van der Waals surface area contributed by atoms with E-state index in [0.717, 1.165) is 33.5 Å². The lowest BCUT2D eigenvalue weighted by Gasteiger charge is -2.23. The number of fused-ring (bicyclic) bond motifs is 2. The van der Waals surface area contributed by atoms with E-state index in [4.69, 9.17) is 14.5 Å². The minimum absolute atomic E-state index is 0.00746. The second-order valence-electron chi connectivity index (χ2n) is 11.3. The topological polar surface area (TPSA) is 132 Å². The molecule has 1 atom stereocenters. The Kier molecular flexibility index (Phi) is 6.71. The highest BCUT2D eigenvalue weighted by Gasteiger charge is 2.39. The van der Waals surface area contributed by atoms with Crippen molar-refractivity contribution in [3.05, 3.63) is 65.2 Å². The number of pyridine rings is 3. The molecule has 2 amide bonds. The Bertz CT molecular complexity index is 1670. The number of aliphatic hydroxyl groups is 1. The van der Waals surface area contributed by atoms with Crippen LogP contribution >= 0.6 is 0 Å². The van der Waals surface area contributed by atoms with Crippen molar-refractivity contribution >= 4 is 34.5 Å². The minimum Gasteiger partial charge on any atom is -0.443 e. The summed E-state index contributed by atoms with van der Waals surface area (Å²) in [7, 11) is 1.91. The number of hydrogen-bond acceptors (Lipinski definition) is 9. The molecule has 4 aromatic heterocycles. The maximum atomic E-state index is 13.8. The average molecular weight is 557 g/mol. The van der Waals surface area contributed by atoms with E-state index in [0.29, 0.717) is 47.2 Å². The van der Waals surface area contributed by atoms with Crippen LogP contribution in [0.25, 0.3) is 22.3 Å². The predicted octanol–water partition coefficient (Wildman–Crippen LogP) is 4.66. The molecule has 11 nitrogen and oxygen atoms in total. The molecule has 1 fully saturated rings. The van der Waals surface area contributed by atoms with Crippen LogP contribution in [0.2, 0.25) is 0 Å². The number of aliphatic hydroxyl groups excluding tert-OH is 1. The summed E-state index contributed by atoms with van der Waals surface area (Å²) in [4.78, 5) is 41.9. The van der Waals surface area contributed by atoms with Gasteiger partial charge in [-0.05, 0) is 51.0 Å². The molecule has 2 aliphatic heterocycles. The number of carbonyl (C=O) groups is 2. The van der Waals surface area contributed by atoms with Crippen molar-refractivity contribution in [3.63, 3.8) is 0 Å². The molecule has 0 saturated carbocycles. The Hall–Kier alpha value is -4.35. The van der Waals surface area contributed by atoms with Crippen molar-refractivity contribution in [1.29, 1.82) is 0 Å². The normalized spacial score (nSPS) is 16.9. The number of aryl methyl sites for hydroxylation is 1. The van der Waals surface area contributed by atoms with Gasteiger partial charge in [-0.15, -0.1) is 0 Å². The van der Waals surface area contributed by atoms with Gasteiger partial charge in [0.05, 0.1) is 48.6 Å². The fourth-order valence-electron chi connectivity index (χ4n) is 5.48. The molecule has 0 aliphatic carbocycles. The first-order chi connectivity index (χ1) is 19.6. The highest BCUT2D eigenvalue weighted by molar-refractivity contribution is 6.12. The van der Waals surface area contributed by atoms with Crippen molar-refractivity contribution in [3.8, 4) is 11.3 Å². The first-order valence-electron chi connectivity index (χ1n) is 13.6. The fraction of sp³-hybridized carbons (Fsp3) is 0.367. The maximum absolute atomic E-state index is 13.8. The lowest BCUT2D eigenvalue weighted by molar-refractivity contribution is 0.0248. The number of anilines is 2. The quantitative estimate of drug-likeness (QED) is 0.360. The van der Waals surface area contributed by atoms with Gasteiger partial charge in [0.1, 0.15) is 17.1 Å². The second-order valence-corrected chi connectivity index (χ2v) is 11.3. The largest absolute Gasteiger partial charge is 0.443 e. The minimum atomic E-state index is -0.772. The van der Waals surface area contributed by atoms with Crippen LogP contribution in [0.5, 0.6) is 0 Å². The second kappa shape index (κ2) is 10.2. The van der Waals surface area contributed by atoms with Crippen molar-refractivity contribution in [2.24, 2.45) is 7.05 Å². The van der Waals surface area contributed by atoms with Gasteiger partial charge in [-0.3, -0.25) is 9.78 Å². The Morgan fingerprint density at radius 3 is 2.78 bits per heavy atom. The zero-order chi connectivity index (χ0) is 28.9. The first-order valence-corrected chi connectivity index (χ1v) is 13.6. The number of amides is 2. The van der Waals surface area contributed by atoms with Gasteiger partial charge in [0.15, 0.2) is 0 Å². The number of hydrogen-bond donors (Lipinski definition) is 2. The summed E-state index contributed by atoms with van der Waals surface area (Å²) in [6.07, 6.45) is 5.36. The third-order valence-corrected chi connectivity index (χ3v) is 7.38. The number of ether oxygens (including phenoxy) is 2. The molecule has 11 heteroatoms. The molecule has 212 valence electrons. The van der Waals surface area contributed by atoms with Gasteiger partial charge >= 0.3 is 6.09 Å². The van der Waals surface area contributed by atoms with Gasteiger partial charge in [-0.2, -0.15) is 0 Å². The molecule has 1 saturated heterocycles. The van der Waals surface area contributed by atoms with Crippen LogP contribution < -0.4 is 5.32 Å². The zero-order valence-corrected chi connectivity index (χ0v) is 23.5. The van der Waals surface area contributed by atoms with Crippen molar-refractivity contribution in [2.45, 2.75) is 51.9 Å². The van der Waals surface area contributed by atoms with Gasteiger partial charge in [-0.25, -0.2) is 19.7 Å². The average Bonchev–Trinajstić information content (AvgIpc) is 3.68. The van der Waals surface area contributed by atoms with Crippen LogP contribution in [0.4, 0.5) is 16.3 Å². The molecule has 0 unspecified atom stereocenters. The molecular formula is C30H32N6O5. The lowest BCUT2D eigenvalue weighted by atomic mass is 9.97. The monoisotopic (exact) mass is 556 g/mol. The van der Waals surface area contributed by atoms with Crippen molar-refractivity contribution in [1.82, 2.24) is 24.4 Å². The number of nitrogens with zero attached hydrogens (tertiary/aromatic N) is 5. The maximum Gasteiger partial charge on any atom is 0.417 e. The van der Waals surface area contributed by atoms with Crippen LogP contribution in [0.1, 0.15) is 60.3 Å². The van der Waals surface area contributed by atoms with E-state index in [2.05, 4.69) is 15.3 Å². The number of imide groups is 1. The highest BCUT2D eigenvalue weighted by Crippen LogP contribution is 2.39. The third kappa shape index (κ3) is 4.91. The Balaban J connectivity index is 1.43. The van der Waals surface area contributed by atoms with Crippen LogP contribution in [0, 0.1) is 0 Å². The van der Waals surface area contributed by atoms with Crippen molar-refractivity contribution in [2.75, 3.05) is 18.5 Å². The molecular weight excluding hydrogens is 524 g/mol. The number of rotatable bonds is 5. The number of carbonyl (C=O) groups excluding carboxylic acids is 2. The molecule has 0 spiro atoms. The zero-order valence-electron chi connectivity index (χ0n) is 23.5. The predicted molar refractivity (Wildman–Crippen MR) is 152 cm³/mol. The number of aromatic nitrogens is 4. The smallest absolute Gasteiger partial charge is 0.417 e. The first kappa shape index (κ1) is 26.9. The van der Waals surface area contributed by atoms with E-state index >= 15 is 0 Å². The third-order valence-electron chi connectivity index (χ3n) is 7.38. The Morgan fingerprint density at radius 1 is 1.22 bits per heavy atom. The molecule has 41 heavy (non-hydrogen) atoms. The molecule has 6 rings (SSSR count). The van der Waals surface area contributed by atoms with Gasteiger partial charge in [0, 0.05) is 48.5 Å². The molecule has 2 N–H and O–H groups in total. The Labute approximate surface area is 237 Å². The van der Waals surface area contributed by atoms with E-state index < -0.39 is 17.6 Å². The molecule has 0 radical (unpaired) electrons. The van der Waals surface area contributed by atoms with Crippen LogP contribution in [-0.2, 0) is 29.7 Å². The summed E-state index contributed by atoms with van der Waals surface area (Å²) in [5.74, 6) is 0.148.